The molecule has 0 saturated carbocycles. The Labute approximate surface area is 150 Å². The van der Waals surface area contributed by atoms with E-state index in [4.69, 9.17) is 16.7 Å². The topological polar surface area (TPSA) is 91.3 Å². The number of hydrogen-bond donors (Lipinski definition) is 1. The second kappa shape index (κ2) is 9.10. The summed E-state index contributed by atoms with van der Waals surface area (Å²) in [6.07, 6.45) is 0.986. The van der Waals surface area contributed by atoms with Crippen LogP contribution < -0.4 is 4.90 Å². The van der Waals surface area contributed by atoms with Gasteiger partial charge in [-0.3, -0.25) is 10.1 Å². The molecule has 0 aromatic heterocycles. The number of azo groups is 1. The number of benzene rings is 2. The highest BCUT2D eigenvalue weighted by Crippen LogP contribution is 2.30. The first-order chi connectivity index (χ1) is 12.0. The zero-order chi connectivity index (χ0) is 18.2. The van der Waals surface area contributed by atoms with Crippen LogP contribution >= 0.6 is 11.6 Å². The molecular weight excluding hydrogens is 344 g/mol. The number of nitrogens with zero attached hydrogens (tertiary/aromatic N) is 4. The van der Waals surface area contributed by atoms with Crippen LogP contribution in [0.1, 0.15) is 13.3 Å². The maximum atomic E-state index is 10.7. The van der Waals surface area contributed by atoms with Gasteiger partial charge >= 0.3 is 0 Å². The molecule has 2 aromatic rings. The number of hydrogen-bond acceptors (Lipinski definition) is 6. The smallest absolute Gasteiger partial charge is 0.271 e. The zero-order valence-corrected chi connectivity index (χ0v) is 14.6. The average Bonchev–Trinajstić information content (AvgIpc) is 2.61. The van der Waals surface area contributed by atoms with Crippen molar-refractivity contribution in [3.05, 3.63) is 57.6 Å². The number of non-ortho nitro benzene ring substituents is 1. The fourth-order valence-electron chi connectivity index (χ4n) is 2.29. The van der Waals surface area contributed by atoms with Crippen molar-refractivity contribution >= 4 is 34.4 Å². The Morgan fingerprint density at radius 2 is 1.88 bits per heavy atom. The molecule has 0 aliphatic heterocycles. The average molecular weight is 363 g/mol. The molecule has 8 heteroatoms. The van der Waals surface area contributed by atoms with Crippen LogP contribution in [0.3, 0.4) is 0 Å². The van der Waals surface area contributed by atoms with E-state index in [0.717, 1.165) is 18.7 Å². The number of nitro benzene ring substituents is 1. The lowest BCUT2D eigenvalue weighted by Crippen LogP contribution is -2.27. The van der Waals surface area contributed by atoms with Gasteiger partial charge in [0, 0.05) is 30.9 Å². The third-order valence-corrected chi connectivity index (χ3v) is 3.80. The standard InChI is InChI=1S/C17H19ClN4O3/c1-2-9-21(10-11-23)14-5-3-13(4-6-14)19-20-17-8-7-15(22(24)25)12-16(17)18/h3-8,12,23H,2,9-11H2,1H3. The fraction of sp³-hybridized carbons (Fsp3) is 0.294. The SMILES string of the molecule is CCCN(CCO)c1ccc(N=Nc2ccc([N+](=O)[O-])cc2Cl)cc1. The Morgan fingerprint density at radius 1 is 1.16 bits per heavy atom. The van der Waals surface area contributed by atoms with Gasteiger partial charge in [0.15, 0.2) is 0 Å². The number of rotatable bonds is 8. The van der Waals surface area contributed by atoms with Gasteiger partial charge in [-0.05, 0) is 36.8 Å². The Morgan fingerprint density at radius 3 is 2.44 bits per heavy atom. The van der Waals surface area contributed by atoms with Crippen LogP contribution in [0.25, 0.3) is 0 Å². The third kappa shape index (κ3) is 5.23. The Balaban J connectivity index is 2.12. The summed E-state index contributed by atoms with van der Waals surface area (Å²) in [6, 6.07) is 11.5. The van der Waals surface area contributed by atoms with E-state index in [1.54, 1.807) is 0 Å². The van der Waals surface area contributed by atoms with Crippen molar-refractivity contribution in [2.24, 2.45) is 10.2 Å². The van der Waals surface area contributed by atoms with Gasteiger partial charge in [-0.15, -0.1) is 5.11 Å². The van der Waals surface area contributed by atoms with Gasteiger partial charge < -0.3 is 10.0 Å². The van der Waals surface area contributed by atoms with Crippen LogP contribution in [0.5, 0.6) is 0 Å². The van der Waals surface area contributed by atoms with Crippen molar-refractivity contribution in [3.8, 4) is 0 Å². The lowest BCUT2D eigenvalue weighted by atomic mass is 10.2. The zero-order valence-electron chi connectivity index (χ0n) is 13.8. The Bertz CT molecular complexity index is 744. The molecule has 0 unspecified atom stereocenters. The van der Waals surface area contributed by atoms with Crippen LogP contribution in [-0.2, 0) is 0 Å². The maximum absolute atomic E-state index is 10.7. The highest BCUT2D eigenvalue weighted by Gasteiger charge is 2.09. The van der Waals surface area contributed by atoms with E-state index in [1.807, 2.05) is 24.3 Å². The fourth-order valence-corrected chi connectivity index (χ4v) is 2.51. The molecule has 0 aliphatic carbocycles. The maximum Gasteiger partial charge on any atom is 0.271 e. The predicted octanol–water partition coefficient (Wildman–Crippen LogP) is 4.87. The van der Waals surface area contributed by atoms with E-state index in [0.29, 0.717) is 17.9 Å². The summed E-state index contributed by atoms with van der Waals surface area (Å²) in [5, 5.41) is 28.2. The molecule has 0 fully saturated rings. The highest BCUT2D eigenvalue weighted by atomic mass is 35.5. The van der Waals surface area contributed by atoms with Gasteiger partial charge in [-0.2, -0.15) is 5.11 Å². The molecular formula is C17H19ClN4O3. The van der Waals surface area contributed by atoms with Crippen LogP contribution in [0.2, 0.25) is 5.02 Å². The summed E-state index contributed by atoms with van der Waals surface area (Å²) in [7, 11) is 0. The van der Waals surface area contributed by atoms with Crippen molar-refractivity contribution < 1.29 is 10.0 Å². The number of halogens is 1. The van der Waals surface area contributed by atoms with Crippen LogP contribution in [-0.4, -0.2) is 29.7 Å². The van der Waals surface area contributed by atoms with Gasteiger partial charge in [0.05, 0.1) is 22.2 Å². The molecule has 2 aromatic carbocycles. The van der Waals surface area contributed by atoms with E-state index in [-0.39, 0.29) is 17.3 Å². The van der Waals surface area contributed by atoms with Gasteiger partial charge in [0.2, 0.25) is 0 Å². The molecule has 0 aliphatic rings. The highest BCUT2D eigenvalue weighted by molar-refractivity contribution is 6.33. The first kappa shape index (κ1) is 18.8. The largest absolute Gasteiger partial charge is 0.395 e. The second-order valence-corrected chi connectivity index (χ2v) is 5.73. The van der Waals surface area contributed by atoms with Gasteiger partial charge in [-0.25, -0.2) is 0 Å². The van der Waals surface area contributed by atoms with E-state index in [1.165, 1.54) is 18.2 Å². The van der Waals surface area contributed by atoms with Crippen molar-refractivity contribution in [2.75, 3.05) is 24.6 Å². The van der Waals surface area contributed by atoms with E-state index in [2.05, 4.69) is 22.1 Å². The van der Waals surface area contributed by atoms with Gasteiger partial charge in [-0.1, -0.05) is 18.5 Å². The second-order valence-electron chi connectivity index (χ2n) is 5.32. The molecule has 1 N–H and O–H groups in total. The summed E-state index contributed by atoms with van der Waals surface area (Å²) >= 11 is 5.99. The molecule has 7 nitrogen and oxygen atoms in total. The summed E-state index contributed by atoms with van der Waals surface area (Å²) in [6.45, 7) is 3.62. The molecule has 0 amide bonds. The first-order valence-corrected chi connectivity index (χ1v) is 8.24. The molecule has 0 spiro atoms. The normalized spacial score (nSPS) is 11.0. The summed E-state index contributed by atoms with van der Waals surface area (Å²) in [4.78, 5) is 12.3. The van der Waals surface area contributed by atoms with Crippen LogP contribution in [0, 0.1) is 10.1 Å². The minimum Gasteiger partial charge on any atom is -0.395 e. The van der Waals surface area contributed by atoms with Gasteiger partial charge in [0.25, 0.3) is 5.69 Å². The van der Waals surface area contributed by atoms with Crippen molar-refractivity contribution in [2.45, 2.75) is 13.3 Å². The first-order valence-electron chi connectivity index (χ1n) is 7.86. The van der Waals surface area contributed by atoms with Crippen molar-refractivity contribution in [1.29, 1.82) is 0 Å². The minimum atomic E-state index is -0.514. The number of aliphatic hydroxyl groups excluding tert-OH is 1. The molecule has 2 rings (SSSR count). The Kier molecular flexibility index (Phi) is 6.85. The van der Waals surface area contributed by atoms with Crippen LogP contribution in [0.4, 0.5) is 22.7 Å². The Hall–Kier alpha value is -2.51. The number of anilines is 1. The number of aliphatic hydroxyl groups is 1. The lowest BCUT2D eigenvalue weighted by molar-refractivity contribution is -0.384. The number of nitro groups is 1. The molecule has 0 heterocycles. The third-order valence-electron chi connectivity index (χ3n) is 3.49. The summed E-state index contributed by atoms with van der Waals surface area (Å²) in [5.74, 6) is 0. The molecule has 0 saturated heterocycles. The molecule has 0 radical (unpaired) electrons. The lowest BCUT2D eigenvalue weighted by Gasteiger charge is -2.23. The van der Waals surface area contributed by atoms with Crippen LogP contribution in [0.15, 0.2) is 52.7 Å². The monoisotopic (exact) mass is 362 g/mol. The van der Waals surface area contributed by atoms with Crippen molar-refractivity contribution in [3.63, 3.8) is 0 Å². The van der Waals surface area contributed by atoms with E-state index < -0.39 is 4.92 Å². The predicted molar refractivity (Wildman–Crippen MR) is 98.3 cm³/mol. The molecule has 25 heavy (non-hydrogen) atoms. The minimum absolute atomic E-state index is 0.0896. The summed E-state index contributed by atoms with van der Waals surface area (Å²) < 4.78 is 0. The summed E-state index contributed by atoms with van der Waals surface area (Å²) in [5.41, 5.74) is 1.92. The molecule has 0 atom stereocenters. The molecule has 132 valence electrons. The van der Waals surface area contributed by atoms with Crippen molar-refractivity contribution in [1.82, 2.24) is 0 Å². The quantitative estimate of drug-likeness (QED) is 0.412. The van der Waals surface area contributed by atoms with Gasteiger partial charge in [0.1, 0.15) is 5.69 Å². The molecule has 0 bridgehead atoms. The van der Waals surface area contributed by atoms with E-state index in [9.17, 15) is 10.1 Å². The van der Waals surface area contributed by atoms with E-state index >= 15 is 0 Å².